The molecule has 3 aromatic carbocycles. The fourth-order valence-corrected chi connectivity index (χ4v) is 5.45. The minimum atomic E-state index is -0.257. The van der Waals surface area contributed by atoms with Gasteiger partial charge in [0, 0.05) is 0 Å². The van der Waals surface area contributed by atoms with Crippen LogP contribution in [0, 0.1) is 5.82 Å². The molecule has 1 fully saturated rings. The monoisotopic (exact) mass is 365 g/mol. The summed E-state index contributed by atoms with van der Waals surface area (Å²) in [5.74, 6) is 0.738. The van der Waals surface area contributed by atoms with Gasteiger partial charge in [0.1, 0.15) is 11.6 Å². The Bertz CT molecular complexity index is 824. The summed E-state index contributed by atoms with van der Waals surface area (Å²) in [6, 6.07) is 25.7. The summed E-state index contributed by atoms with van der Waals surface area (Å²) in [5, 5.41) is 0. The van der Waals surface area contributed by atoms with E-state index in [-0.39, 0.29) is 16.7 Å². The molecule has 26 heavy (non-hydrogen) atoms. The molecule has 0 N–H and O–H groups in total. The van der Waals surface area contributed by atoms with Crippen molar-refractivity contribution in [1.29, 1.82) is 0 Å². The van der Waals surface area contributed by atoms with Gasteiger partial charge in [-0.2, -0.15) is 0 Å². The third-order valence-electron chi connectivity index (χ3n) is 4.69. The van der Waals surface area contributed by atoms with Gasteiger partial charge in [-0.25, -0.2) is 4.39 Å². The molecule has 1 unspecified atom stereocenters. The predicted molar refractivity (Wildman–Crippen MR) is 104 cm³/mol. The largest absolute Gasteiger partial charge is 0.490 e. The second-order valence-corrected chi connectivity index (χ2v) is 8.60. The molecule has 3 aromatic rings. The Morgan fingerprint density at radius 2 is 1.23 bits per heavy atom. The smallest absolute Gasteiger partial charge is 0.166 e. The highest BCUT2D eigenvalue weighted by molar-refractivity contribution is 7.97. The molecule has 4 rings (SSSR count). The van der Waals surface area contributed by atoms with E-state index in [1.807, 2.05) is 18.2 Å². The number of halogens is 1. The molecule has 1 nitrogen and oxygen atoms in total. The lowest BCUT2D eigenvalue weighted by Gasteiger charge is -2.13. The zero-order valence-corrected chi connectivity index (χ0v) is 15.4. The summed E-state index contributed by atoms with van der Waals surface area (Å²) in [7, 11) is -0.257. The van der Waals surface area contributed by atoms with Gasteiger partial charge in [0.05, 0.1) is 17.0 Å². The number of hydrogen-bond acceptors (Lipinski definition) is 1. The van der Waals surface area contributed by atoms with Crippen molar-refractivity contribution in [1.82, 2.24) is 0 Å². The highest BCUT2D eigenvalue weighted by Crippen LogP contribution is 2.33. The Hall–Kier alpha value is -2.26. The molecule has 1 saturated carbocycles. The molecule has 0 spiro atoms. The lowest BCUT2D eigenvalue weighted by atomic mass is 10.3. The van der Waals surface area contributed by atoms with E-state index >= 15 is 0 Å². The van der Waals surface area contributed by atoms with Gasteiger partial charge in [-0.1, -0.05) is 18.2 Å². The first kappa shape index (κ1) is 17.2. The Balaban J connectivity index is 1.64. The second kappa shape index (κ2) is 7.96. The summed E-state index contributed by atoms with van der Waals surface area (Å²) in [6.07, 6.45) is 5.22. The van der Waals surface area contributed by atoms with Crippen LogP contribution in [0.2, 0.25) is 0 Å². The molecule has 132 valence electrons. The van der Waals surface area contributed by atoms with Gasteiger partial charge in [0.25, 0.3) is 0 Å². The van der Waals surface area contributed by atoms with Gasteiger partial charge in [-0.3, -0.25) is 0 Å². The maximum Gasteiger partial charge on any atom is 0.166 e. The van der Waals surface area contributed by atoms with E-state index in [0.29, 0.717) is 6.10 Å². The Morgan fingerprint density at radius 1 is 0.692 bits per heavy atom. The number of hydrogen-bond donors (Lipinski definition) is 0. The first-order valence-corrected chi connectivity index (χ1v) is 10.3. The van der Waals surface area contributed by atoms with E-state index < -0.39 is 0 Å². The first-order chi connectivity index (χ1) is 12.8. The molecule has 1 atom stereocenters. The summed E-state index contributed by atoms with van der Waals surface area (Å²) in [6.45, 7) is 0. The van der Waals surface area contributed by atoms with Crippen LogP contribution < -0.4 is 4.74 Å². The van der Waals surface area contributed by atoms with Gasteiger partial charge in [-0.15, -0.1) is 0 Å². The number of benzene rings is 3. The van der Waals surface area contributed by atoms with Crippen LogP contribution in [-0.4, -0.2) is 6.10 Å². The highest BCUT2D eigenvalue weighted by Gasteiger charge is 2.28. The molecule has 0 bridgehead atoms. The molecule has 0 amide bonds. The van der Waals surface area contributed by atoms with Crippen LogP contribution in [-0.2, 0) is 10.9 Å². The van der Waals surface area contributed by atoms with Crippen LogP contribution in [0.3, 0.4) is 0 Å². The zero-order chi connectivity index (χ0) is 17.8. The molecule has 0 aliphatic heterocycles. The van der Waals surface area contributed by atoms with Crippen molar-refractivity contribution in [2.75, 3.05) is 0 Å². The fourth-order valence-electron chi connectivity index (χ4n) is 3.39. The topological polar surface area (TPSA) is 9.23 Å². The molecule has 0 heterocycles. The Labute approximate surface area is 157 Å². The molecule has 0 saturated heterocycles. The van der Waals surface area contributed by atoms with E-state index in [9.17, 15) is 4.39 Å². The zero-order valence-electron chi connectivity index (χ0n) is 14.6. The van der Waals surface area contributed by atoms with Gasteiger partial charge in [-0.05, 0) is 86.3 Å². The maximum absolute atomic E-state index is 13.4. The molecule has 3 heteroatoms. The SMILES string of the molecule is Fc1ccc([S+](c2ccccc2)c2ccc(OC3CCCC3)cc2)cc1. The normalized spacial score (nSPS) is 15.7. The fraction of sp³-hybridized carbons (Fsp3) is 0.217. The van der Waals surface area contributed by atoms with Crippen LogP contribution in [0.4, 0.5) is 4.39 Å². The van der Waals surface area contributed by atoms with Crippen LogP contribution in [0.25, 0.3) is 0 Å². The minimum absolute atomic E-state index is 0.203. The molecule has 1 aliphatic carbocycles. The van der Waals surface area contributed by atoms with Crippen molar-refractivity contribution in [2.45, 2.75) is 46.5 Å². The molecular formula is C23H22FOS+. The van der Waals surface area contributed by atoms with Crippen molar-refractivity contribution in [3.05, 3.63) is 84.7 Å². The van der Waals surface area contributed by atoms with E-state index in [2.05, 4.69) is 48.5 Å². The van der Waals surface area contributed by atoms with Crippen molar-refractivity contribution < 1.29 is 9.13 Å². The number of rotatable bonds is 5. The summed E-state index contributed by atoms with van der Waals surface area (Å²) in [4.78, 5) is 3.55. The summed E-state index contributed by atoms with van der Waals surface area (Å²) < 4.78 is 19.5. The van der Waals surface area contributed by atoms with Crippen LogP contribution in [0.1, 0.15) is 25.7 Å². The van der Waals surface area contributed by atoms with Gasteiger partial charge >= 0.3 is 0 Å². The third-order valence-corrected chi connectivity index (χ3v) is 6.92. The molecule has 1 aliphatic rings. The third kappa shape index (κ3) is 3.94. The lowest BCUT2D eigenvalue weighted by Crippen LogP contribution is -2.11. The Kier molecular flexibility index (Phi) is 5.26. The van der Waals surface area contributed by atoms with Gasteiger partial charge < -0.3 is 4.74 Å². The van der Waals surface area contributed by atoms with E-state index in [1.54, 1.807) is 0 Å². The van der Waals surface area contributed by atoms with Crippen molar-refractivity contribution in [3.8, 4) is 5.75 Å². The van der Waals surface area contributed by atoms with Crippen LogP contribution >= 0.6 is 0 Å². The second-order valence-electron chi connectivity index (χ2n) is 6.57. The van der Waals surface area contributed by atoms with E-state index in [0.717, 1.165) is 23.5 Å². The van der Waals surface area contributed by atoms with E-state index in [4.69, 9.17) is 4.74 Å². The van der Waals surface area contributed by atoms with Crippen molar-refractivity contribution >= 4 is 10.9 Å². The average Bonchev–Trinajstić information content (AvgIpc) is 3.19. The van der Waals surface area contributed by atoms with Crippen LogP contribution in [0.15, 0.2) is 93.5 Å². The Morgan fingerprint density at radius 3 is 1.85 bits per heavy atom. The first-order valence-electron chi connectivity index (χ1n) is 9.11. The average molecular weight is 365 g/mol. The molecule has 0 radical (unpaired) electrons. The quantitative estimate of drug-likeness (QED) is 0.486. The highest BCUT2D eigenvalue weighted by atomic mass is 32.2. The standard InChI is InChI=1S/C23H22FOS/c24-18-10-14-22(15-11-18)26(21-8-2-1-3-9-21)23-16-12-20(13-17-23)25-19-6-4-5-7-19/h1-3,8-17,19H,4-7H2/q+1. The minimum Gasteiger partial charge on any atom is -0.490 e. The summed E-state index contributed by atoms with van der Waals surface area (Å²) in [5.41, 5.74) is 0. The van der Waals surface area contributed by atoms with E-state index in [1.165, 1.54) is 34.8 Å². The molecule has 0 aromatic heterocycles. The molecular weight excluding hydrogens is 343 g/mol. The van der Waals surface area contributed by atoms with Gasteiger partial charge in [0.15, 0.2) is 14.7 Å². The maximum atomic E-state index is 13.4. The number of ether oxygens (including phenoxy) is 1. The van der Waals surface area contributed by atoms with Crippen LogP contribution in [0.5, 0.6) is 5.75 Å². The summed E-state index contributed by atoms with van der Waals surface area (Å²) >= 11 is 0. The lowest BCUT2D eigenvalue weighted by molar-refractivity contribution is 0.210. The van der Waals surface area contributed by atoms with Gasteiger partial charge in [0.2, 0.25) is 0 Å². The van der Waals surface area contributed by atoms with Crippen molar-refractivity contribution in [2.24, 2.45) is 0 Å². The van der Waals surface area contributed by atoms with Crippen molar-refractivity contribution in [3.63, 3.8) is 0 Å². The predicted octanol–water partition coefficient (Wildman–Crippen LogP) is 6.24.